The standard InChI is InChI=1S/C14H21Si.3C4H9.Sn/c1-12(2)11-13(3)15(4,5)14-9-7-6-8-10-14;3*1-3-4-2;/h3,6-10,12H,11H2,1-2,4-5H3;3*1,3-4H2,2H3;. The summed E-state index contributed by atoms with van der Waals surface area (Å²) in [6.07, 6.45) is 9.79. The quantitative estimate of drug-likeness (QED) is 0.222. The van der Waals surface area contributed by atoms with E-state index in [1.54, 1.807) is 18.5 Å². The molecule has 0 aliphatic rings. The van der Waals surface area contributed by atoms with Crippen LogP contribution < -0.4 is 5.19 Å². The van der Waals surface area contributed by atoms with Gasteiger partial charge in [0.1, 0.15) is 0 Å². The third kappa shape index (κ3) is 8.38. The molecule has 0 spiro atoms. The summed E-state index contributed by atoms with van der Waals surface area (Å²) in [6.45, 7) is 17.2. The second kappa shape index (κ2) is 13.3. The van der Waals surface area contributed by atoms with Crippen molar-refractivity contribution in [3.63, 3.8) is 0 Å². The molecule has 0 aromatic heterocycles. The summed E-state index contributed by atoms with van der Waals surface area (Å²) in [5.41, 5.74) is 0. The average molecular weight is 507 g/mol. The van der Waals surface area contributed by atoms with Crippen LogP contribution in [0.15, 0.2) is 39.6 Å². The Morgan fingerprint density at radius 2 is 1.32 bits per heavy atom. The first-order valence-electron chi connectivity index (χ1n) is 12.1. The van der Waals surface area contributed by atoms with Crippen LogP contribution >= 0.6 is 0 Å². The monoisotopic (exact) mass is 508 g/mol. The van der Waals surface area contributed by atoms with Crippen LogP contribution in [0.2, 0.25) is 26.4 Å². The van der Waals surface area contributed by atoms with Crippen molar-refractivity contribution in [3.05, 3.63) is 39.6 Å². The summed E-state index contributed by atoms with van der Waals surface area (Å²) >= 11 is -2.27. The summed E-state index contributed by atoms with van der Waals surface area (Å²) in [6, 6.07) is 11.5. The maximum absolute atomic E-state index is 3.06. The Kier molecular flexibility index (Phi) is 12.4. The van der Waals surface area contributed by atoms with E-state index in [4.69, 9.17) is 0 Å². The molecule has 1 aromatic rings. The van der Waals surface area contributed by atoms with Crippen LogP contribution in [0.25, 0.3) is 0 Å². The van der Waals surface area contributed by atoms with Crippen LogP contribution in [0.1, 0.15) is 79.6 Å². The Balaban J connectivity index is 3.43. The van der Waals surface area contributed by atoms with Crippen molar-refractivity contribution in [3.8, 4) is 0 Å². The molecule has 0 aliphatic heterocycles. The minimum atomic E-state index is -2.27. The van der Waals surface area contributed by atoms with Crippen molar-refractivity contribution in [1.29, 1.82) is 0 Å². The van der Waals surface area contributed by atoms with E-state index in [2.05, 4.69) is 82.1 Å². The fourth-order valence-corrected chi connectivity index (χ4v) is 27.2. The number of hydrogen-bond donors (Lipinski definition) is 0. The van der Waals surface area contributed by atoms with E-state index < -0.39 is 26.5 Å². The zero-order chi connectivity index (χ0) is 21.0. The third-order valence-electron chi connectivity index (χ3n) is 6.49. The van der Waals surface area contributed by atoms with E-state index in [-0.39, 0.29) is 0 Å². The average Bonchev–Trinajstić information content (AvgIpc) is 2.68. The first-order chi connectivity index (χ1) is 13.3. The Hall–Kier alpha value is -0.0244. The van der Waals surface area contributed by atoms with Gasteiger partial charge in [0.05, 0.1) is 0 Å². The van der Waals surface area contributed by atoms with Crippen LogP contribution in [-0.2, 0) is 0 Å². The van der Waals surface area contributed by atoms with Gasteiger partial charge < -0.3 is 0 Å². The molecule has 0 unspecified atom stereocenters. The van der Waals surface area contributed by atoms with Crippen molar-refractivity contribution in [2.24, 2.45) is 5.92 Å². The van der Waals surface area contributed by atoms with E-state index in [1.807, 2.05) is 5.20 Å². The fourth-order valence-electron chi connectivity index (χ4n) is 4.52. The van der Waals surface area contributed by atoms with Gasteiger partial charge in [0.2, 0.25) is 0 Å². The number of benzene rings is 1. The summed E-state index contributed by atoms with van der Waals surface area (Å²) < 4.78 is 7.83. The summed E-state index contributed by atoms with van der Waals surface area (Å²) in [5, 5.41) is 3.52. The van der Waals surface area contributed by atoms with Crippen LogP contribution in [0.4, 0.5) is 0 Å². The minimum absolute atomic E-state index is 0.759. The fraction of sp³-hybridized carbons (Fsp3) is 0.692. The summed E-state index contributed by atoms with van der Waals surface area (Å²) in [5.74, 6) is 0.759. The Bertz CT molecular complexity index is 537. The summed E-state index contributed by atoms with van der Waals surface area (Å²) in [7, 11) is -1.59. The topological polar surface area (TPSA) is 0 Å². The predicted molar refractivity (Wildman–Crippen MR) is 136 cm³/mol. The molecular formula is C26H48SiSn. The Morgan fingerprint density at radius 1 is 0.857 bits per heavy atom. The van der Waals surface area contributed by atoms with Gasteiger partial charge in [0.25, 0.3) is 0 Å². The van der Waals surface area contributed by atoms with E-state index in [0.717, 1.165) is 5.92 Å². The first-order valence-corrected chi connectivity index (χ1v) is 22.8. The molecule has 28 heavy (non-hydrogen) atoms. The second-order valence-electron chi connectivity index (χ2n) is 9.93. The normalized spacial score (nSPS) is 13.4. The molecule has 0 nitrogen and oxygen atoms in total. The van der Waals surface area contributed by atoms with Gasteiger partial charge in [-0.25, -0.2) is 0 Å². The van der Waals surface area contributed by atoms with Crippen molar-refractivity contribution in [2.45, 2.75) is 106 Å². The molecule has 0 aliphatic carbocycles. The van der Waals surface area contributed by atoms with Gasteiger partial charge in [-0.2, -0.15) is 0 Å². The van der Waals surface area contributed by atoms with Crippen molar-refractivity contribution < 1.29 is 0 Å². The van der Waals surface area contributed by atoms with Crippen LogP contribution in [0, 0.1) is 5.92 Å². The van der Waals surface area contributed by atoms with Crippen LogP contribution in [0.5, 0.6) is 0 Å². The van der Waals surface area contributed by atoms with Crippen molar-refractivity contribution in [2.75, 3.05) is 0 Å². The van der Waals surface area contributed by atoms with Crippen LogP contribution in [-0.4, -0.2) is 26.5 Å². The molecule has 0 radical (unpaired) electrons. The molecule has 0 saturated carbocycles. The van der Waals surface area contributed by atoms with E-state index >= 15 is 0 Å². The molecule has 0 N–H and O–H groups in total. The molecule has 1 rings (SSSR count). The predicted octanol–water partition coefficient (Wildman–Crippen LogP) is 8.50. The Morgan fingerprint density at radius 3 is 1.71 bits per heavy atom. The molecular weight excluding hydrogens is 459 g/mol. The van der Waals surface area contributed by atoms with E-state index in [1.165, 1.54) is 44.9 Å². The molecule has 0 amide bonds. The SMILES string of the molecule is CCC[CH2][Sn](/[CH]=C(/CC(C)C)[Si](C)(C)c1ccccc1)([CH2]CCC)[CH2]CCC. The zero-order valence-corrected chi connectivity index (χ0v) is 24.0. The van der Waals surface area contributed by atoms with E-state index in [0.29, 0.717) is 0 Å². The van der Waals surface area contributed by atoms with Gasteiger partial charge in [-0.3, -0.25) is 0 Å². The first kappa shape index (κ1) is 26.0. The van der Waals surface area contributed by atoms with Gasteiger partial charge >= 0.3 is 183 Å². The zero-order valence-electron chi connectivity index (χ0n) is 20.1. The van der Waals surface area contributed by atoms with E-state index in [9.17, 15) is 0 Å². The molecule has 0 heterocycles. The molecule has 2 heteroatoms. The van der Waals surface area contributed by atoms with Crippen molar-refractivity contribution in [1.82, 2.24) is 0 Å². The van der Waals surface area contributed by atoms with Crippen molar-refractivity contribution >= 4 is 31.6 Å². The number of rotatable bonds is 14. The van der Waals surface area contributed by atoms with Gasteiger partial charge in [0, 0.05) is 0 Å². The maximum atomic E-state index is 3.06. The van der Waals surface area contributed by atoms with Crippen LogP contribution in [0.3, 0.4) is 0 Å². The van der Waals surface area contributed by atoms with Gasteiger partial charge in [-0.15, -0.1) is 0 Å². The molecule has 1 aromatic carbocycles. The molecule has 0 saturated heterocycles. The second-order valence-corrected chi connectivity index (χ2v) is 27.3. The third-order valence-corrected chi connectivity index (χ3v) is 25.3. The number of unbranched alkanes of at least 4 members (excludes halogenated alkanes) is 3. The van der Waals surface area contributed by atoms with Gasteiger partial charge in [0.15, 0.2) is 0 Å². The summed E-state index contributed by atoms with van der Waals surface area (Å²) in [4.78, 5) is 0. The molecule has 0 bridgehead atoms. The molecule has 0 fully saturated rings. The van der Waals surface area contributed by atoms with Gasteiger partial charge in [-0.05, 0) is 0 Å². The van der Waals surface area contributed by atoms with Gasteiger partial charge in [-0.1, -0.05) is 0 Å². The molecule has 0 atom stereocenters. The molecule has 160 valence electrons. The number of hydrogen-bond acceptors (Lipinski definition) is 0. The number of allylic oxidation sites excluding steroid dienone is 1. The Labute approximate surface area is 182 Å².